The van der Waals surface area contributed by atoms with Crippen LogP contribution in [0.15, 0.2) is 12.1 Å². The summed E-state index contributed by atoms with van der Waals surface area (Å²) in [5.74, 6) is 1.40. The van der Waals surface area contributed by atoms with E-state index in [1.54, 1.807) is 0 Å². The van der Waals surface area contributed by atoms with E-state index in [-0.39, 0.29) is 12.1 Å². The van der Waals surface area contributed by atoms with Gasteiger partial charge in [0.05, 0.1) is 11.1 Å². The standard InChI is InChI=1S/C15H21ClN2O2/c1-2-18-5-3-4-12(17)14(18)10-8-11(16)15-13(9-10)19-6-7-20-15/h8-9,12,14H,2-7,17H2,1H3. The fourth-order valence-corrected chi connectivity index (χ4v) is 3.49. The van der Waals surface area contributed by atoms with Crippen molar-refractivity contribution in [1.82, 2.24) is 4.90 Å². The van der Waals surface area contributed by atoms with Crippen LogP contribution in [0, 0.1) is 0 Å². The van der Waals surface area contributed by atoms with Crippen LogP contribution in [0.25, 0.3) is 0 Å². The van der Waals surface area contributed by atoms with Gasteiger partial charge in [-0.25, -0.2) is 0 Å². The molecule has 1 saturated heterocycles. The van der Waals surface area contributed by atoms with Gasteiger partial charge in [-0.15, -0.1) is 0 Å². The zero-order valence-electron chi connectivity index (χ0n) is 11.8. The van der Waals surface area contributed by atoms with Gasteiger partial charge < -0.3 is 15.2 Å². The van der Waals surface area contributed by atoms with E-state index in [4.69, 9.17) is 26.8 Å². The first-order valence-corrected chi connectivity index (χ1v) is 7.67. The van der Waals surface area contributed by atoms with Gasteiger partial charge in [0.15, 0.2) is 11.5 Å². The predicted octanol–water partition coefficient (Wildman–Crippen LogP) is 2.60. The van der Waals surface area contributed by atoms with E-state index >= 15 is 0 Å². The topological polar surface area (TPSA) is 47.7 Å². The van der Waals surface area contributed by atoms with Gasteiger partial charge in [-0.2, -0.15) is 0 Å². The molecule has 0 radical (unpaired) electrons. The molecule has 4 nitrogen and oxygen atoms in total. The van der Waals surface area contributed by atoms with Crippen LogP contribution in [-0.4, -0.2) is 37.2 Å². The maximum absolute atomic E-state index is 6.35. The number of rotatable bonds is 2. The fraction of sp³-hybridized carbons (Fsp3) is 0.600. The molecule has 0 spiro atoms. The Balaban J connectivity index is 1.98. The number of nitrogens with zero attached hydrogens (tertiary/aromatic N) is 1. The van der Waals surface area contributed by atoms with E-state index in [2.05, 4.69) is 11.8 Å². The lowest BCUT2D eigenvalue weighted by molar-refractivity contribution is 0.134. The first kappa shape index (κ1) is 14.0. The second kappa shape index (κ2) is 5.80. The molecular formula is C15H21ClN2O2. The van der Waals surface area contributed by atoms with Crippen LogP contribution in [0.2, 0.25) is 5.02 Å². The van der Waals surface area contributed by atoms with E-state index in [9.17, 15) is 0 Å². The Bertz CT molecular complexity index is 495. The quantitative estimate of drug-likeness (QED) is 0.911. The van der Waals surface area contributed by atoms with Gasteiger partial charge in [0, 0.05) is 6.04 Å². The molecule has 0 aromatic heterocycles. The normalized spacial score (nSPS) is 26.6. The van der Waals surface area contributed by atoms with Crippen molar-refractivity contribution in [1.29, 1.82) is 0 Å². The Hall–Kier alpha value is -0.970. The van der Waals surface area contributed by atoms with E-state index in [0.717, 1.165) is 37.2 Å². The molecule has 0 bridgehead atoms. The van der Waals surface area contributed by atoms with Crippen molar-refractivity contribution in [3.63, 3.8) is 0 Å². The summed E-state index contributed by atoms with van der Waals surface area (Å²) in [5.41, 5.74) is 7.48. The van der Waals surface area contributed by atoms with Crippen molar-refractivity contribution < 1.29 is 9.47 Å². The average Bonchev–Trinajstić information content (AvgIpc) is 2.46. The molecule has 5 heteroatoms. The Kier molecular flexibility index (Phi) is 4.06. The Labute approximate surface area is 124 Å². The number of hydrogen-bond acceptors (Lipinski definition) is 4. The SMILES string of the molecule is CCN1CCCC(N)C1c1cc(Cl)c2c(c1)OCCO2. The number of likely N-dealkylation sites (tertiary alicyclic amines) is 1. The van der Waals surface area contributed by atoms with E-state index < -0.39 is 0 Å². The molecule has 3 rings (SSSR count). The molecule has 2 unspecified atom stereocenters. The fourth-order valence-electron chi connectivity index (χ4n) is 3.21. The highest BCUT2D eigenvalue weighted by molar-refractivity contribution is 6.32. The van der Waals surface area contributed by atoms with Gasteiger partial charge in [0.2, 0.25) is 0 Å². The molecule has 2 heterocycles. The average molecular weight is 297 g/mol. The number of ether oxygens (including phenoxy) is 2. The van der Waals surface area contributed by atoms with E-state index in [0.29, 0.717) is 24.0 Å². The maximum Gasteiger partial charge on any atom is 0.179 e. The minimum atomic E-state index is 0.141. The molecule has 2 atom stereocenters. The number of halogens is 1. The van der Waals surface area contributed by atoms with Crippen LogP contribution >= 0.6 is 11.6 Å². The predicted molar refractivity (Wildman–Crippen MR) is 79.6 cm³/mol. The van der Waals surface area contributed by atoms with Crippen LogP contribution in [0.4, 0.5) is 0 Å². The van der Waals surface area contributed by atoms with Gasteiger partial charge >= 0.3 is 0 Å². The number of benzene rings is 1. The smallest absolute Gasteiger partial charge is 0.179 e. The molecule has 20 heavy (non-hydrogen) atoms. The summed E-state index contributed by atoms with van der Waals surface area (Å²) in [4.78, 5) is 2.41. The third-order valence-electron chi connectivity index (χ3n) is 4.15. The molecule has 1 aromatic rings. The van der Waals surface area contributed by atoms with E-state index in [1.807, 2.05) is 12.1 Å². The lowest BCUT2D eigenvalue weighted by Crippen LogP contribution is -2.45. The largest absolute Gasteiger partial charge is 0.486 e. The Morgan fingerprint density at radius 1 is 1.35 bits per heavy atom. The van der Waals surface area contributed by atoms with Gasteiger partial charge in [-0.05, 0) is 43.6 Å². The number of nitrogens with two attached hydrogens (primary N) is 1. The number of likely N-dealkylation sites (N-methyl/N-ethyl adjacent to an activating group) is 1. The second-order valence-corrected chi connectivity index (χ2v) is 5.81. The lowest BCUT2D eigenvalue weighted by Gasteiger charge is -2.40. The molecule has 0 saturated carbocycles. The highest BCUT2D eigenvalue weighted by Gasteiger charge is 2.31. The minimum Gasteiger partial charge on any atom is -0.486 e. The van der Waals surface area contributed by atoms with Gasteiger partial charge in [-0.1, -0.05) is 18.5 Å². The number of hydrogen-bond donors (Lipinski definition) is 1. The van der Waals surface area contributed by atoms with Crippen LogP contribution < -0.4 is 15.2 Å². The van der Waals surface area contributed by atoms with Crippen LogP contribution in [0.1, 0.15) is 31.4 Å². The minimum absolute atomic E-state index is 0.141. The van der Waals surface area contributed by atoms with Gasteiger partial charge in [0.25, 0.3) is 0 Å². The summed E-state index contributed by atoms with van der Waals surface area (Å²) in [7, 11) is 0. The lowest BCUT2D eigenvalue weighted by atomic mass is 9.90. The third-order valence-corrected chi connectivity index (χ3v) is 4.43. The summed E-state index contributed by atoms with van der Waals surface area (Å²) in [6.45, 7) is 5.37. The van der Waals surface area contributed by atoms with Crippen molar-refractivity contribution in [2.75, 3.05) is 26.3 Å². The summed E-state index contributed by atoms with van der Waals surface area (Å²) in [6, 6.07) is 4.37. The highest BCUT2D eigenvalue weighted by Crippen LogP contribution is 2.42. The van der Waals surface area contributed by atoms with Crippen LogP contribution in [-0.2, 0) is 0 Å². The van der Waals surface area contributed by atoms with Crippen molar-refractivity contribution in [3.8, 4) is 11.5 Å². The Morgan fingerprint density at radius 2 is 2.15 bits per heavy atom. The van der Waals surface area contributed by atoms with Crippen molar-refractivity contribution in [2.24, 2.45) is 5.73 Å². The summed E-state index contributed by atoms with van der Waals surface area (Å²) in [5, 5.41) is 0.617. The van der Waals surface area contributed by atoms with Crippen molar-refractivity contribution in [3.05, 3.63) is 22.7 Å². The first-order chi connectivity index (χ1) is 9.70. The summed E-state index contributed by atoms with van der Waals surface area (Å²) < 4.78 is 11.2. The molecule has 0 amide bonds. The molecule has 2 N–H and O–H groups in total. The van der Waals surface area contributed by atoms with Crippen molar-refractivity contribution >= 4 is 11.6 Å². The Morgan fingerprint density at radius 3 is 2.95 bits per heavy atom. The molecule has 2 aliphatic rings. The van der Waals surface area contributed by atoms with Crippen molar-refractivity contribution in [2.45, 2.75) is 31.8 Å². The monoisotopic (exact) mass is 296 g/mol. The van der Waals surface area contributed by atoms with Crippen LogP contribution in [0.5, 0.6) is 11.5 Å². The maximum atomic E-state index is 6.35. The first-order valence-electron chi connectivity index (χ1n) is 7.29. The summed E-state index contributed by atoms with van der Waals surface area (Å²) >= 11 is 6.34. The molecule has 0 aliphatic carbocycles. The molecule has 110 valence electrons. The highest BCUT2D eigenvalue weighted by atomic mass is 35.5. The zero-order chi connectivity index (χ0) is 14.1. The second-order valence-electron chi connectivity index (χ2n) is 5.41. The number of piperidine rings is 1. The van der Waals surface area contributed by atoms with Gasteiger partial charge in [0.1, 0.15) is 13.2 Å². The van der Waals surface area contributed by atoms with E-state index in [1.165, 1.54) is 0 Å². The molecule has 1 aromatic carbocycles. The van der Waals surface area contributed by atoms with Gasteiger partial charge in [-0.3, -0.25) is 4.90 Å². The van der Waals surface area contributed by atoms with Crippen LogP contribution in [0.3, 0.4) is 0 Å². The number of fused-ring (bicyclic) bond motifs is 1. The molecular weight excluding hydrogens is 276 g/mol. The zero-order valence-corrected chi connectivity index (χ0v) is 12.5. The third kappa shape index (κ3) is 2.48. The summed E-state index contributed by atoms with van der Waals surface area (Å²) in [6.07, 6.45) is 2.21. The molecule has 1 fully saturated rings. The molecule has 2 aliphatic heterocycles.